The molecule has 2 aromatic rings. The molecule has 0 aliphatic rings. The van der Waals surface area contributed by atoms with Gasteiger partial charge in [-0.1, -0.05) is 12.1 Å². The van der Waals surface area contributed by atoms with Crippen LogP contribution in [0.25, 0.3) is 10.9 Å². The lowest BCUT2D eigenvalue weighted by Crippen LogP contribution is -2.01. The largest absolute Gasteiger partial charge is 0.268 e. The molecule has 0 bridgehead atoms. The van der Waals surface area contributed by atoms with E-state index in [0.29, 0.717) is 6.42 Å². The molecule has 4 nitrogen and oxygen atoms in total. The van der Waals surface area contributed by atoms with Crippen molar-refractivity contribution in [1.82, 2.24) is 9.78 Å². The normalized spacial score (nSPS) is 12.2. The molecule has 0 saturated carbocycles. The summed E-state index contributed by atoms with van der Waals surface area (Å²) in [7, 11) is 3.65. The highest BCUT2D eigenvalue weighted by atomic mass is 35.7. The van der Waals surface area contributed by atoms with Crippen LogP contribution in [-0.4, -0.2) is 24.0 Å². The number of aryl methyl sites for hydroxylation is 3. The summed E-state index contributed by atoms with van der Waals surface area (Å²) in [6.07, 6.45) is 0.412. The van der Waals surface area contributed by atoms with Crippen LogP contribution in [0.3, 0.4) is 0 Å². The van der Waals surface area contributed by atoms with Crippen LogP contribution < -0.4 is 0 Å². The Labute approximate surface area is 105 Å². The van der Waals surface area contributed by atoms with Crippen molar-refractivity contribution < 1.29 is 8.42 Å². The predicted octanol–water partition coefficient (Wildman–Crippen LogP) is 1.99. The second-order valence-corrected chi connectivity index (χ2v) is 6.91. The third-order valence-corrected chi connectivity index (χ3v) is 3.91. The van der Waals surface area contributed by atoms with E-state index < -0.39 is 9.05 Å². The molecule has 0 aliphatic heterocycles. The van der Waals surface area contributed by atoms with Crippen molar-refractivity contribution in [3.8, 4) is 0 Å². The highest BCUT2D eigenvalue weighted by Crippen LogP contribution is 2.22. The lowest BCUT2D eigenvalue weighted by Gasteiger charge is -2.02. The van der Waals surface area contributed by atoms with E-state index in [1.807, 2.05) is 32.2 Å². The van der Waals surface area contributed by atoms with Crippen LogP contribution >= 0.6 is 10.7 Å². The van der Waals surface area contributed by atoms with Gasteiger partial charge in [0, 0.05) is 23.1 Å². The molecule has 6 heteroatoms. The maximum Gasteiger partial charge on any atom is 0.232 e. The van der Waals surface area contributed by atoms with Crippen molar-refractivity contribution in [2.75, 3.05) is 5.75 Å². The summed E-state index contributed by atoms with van der Waals surface area (Å²) >= 11 is 0. The highest BCUT2D eigenvalue weighted by Gasteiger charge is 2.12. The summed E-state index contributed by atoms with van der Waals surface area (Å²) in [6.45, 7) is 1.92. The molecule has 0 N–H and O–H groups in total. The molecule has 0 atom stereocenters. The average Bonchev–Trinajstić information content (AvgIpc) is 2.52. The van der Waals surface area contributed by atoms with E-state index in [9.17, 15) is 8.42 Å². The monoisotopic (exact) mass is 272 g/mol. The lowest BCUT2D eigenvalue weighted by atomic mass is 10.1. The van der Waals surface area contributed by atoms with E-state index in [2.05, 4.69) is 5.10 Å². The molecule has 0 amide bonds. The van der Waals surface area contributed by atoms with Crippen molar-refractivity contribution in [3.05, 3.63) is 29.5 Å². The van der Waals surface area contributed by atoms with Gasteiger partial charge >= 0.3 is 0 Å². The molecule has 1 aromatic carbocycles. The minimum absolute atomic E-state index is 0.0536. The fraction of sp³-hybridized carbons (Fsp3) is 0.364. The zero-order chi connectivity index (χ0) is 12.6. The molecule has 92 valence electrons. The van der Waals surface area contributed by atoms with Gasteiger partial charge < -0.3 is 0 Å². The van der Waals surface area contributed by atoms with Gasteiger partial charge in [0.1, 0.15) is 0 Å². The van der Waals surface area contributed by atoms with Gasteiger partial charge in [0.25, 0.3) is 0 Å². The molecule has 0 radical (unpaired) electrons. The Bertz CT molecular complexity index is 661. The molecule has 1 heterocycles. The molecule has 0 saturated heterocycles. The summed E-state index contributed by atoms with van der Waals surface area (Å²) in [6, 6.07) is 5.78. The van der Waals surface area contributed by atoms with E-state index in [-0.39, 0.29) is 5.75 Å². The number of aromatic nitrogens is 2. The average molecular weight is 273 g/mol. The van der Waals surface area contributed by atoms with Gasteiger partial charge in [-0.25, -0.2) is 8.42 Å². The first kappa shape index (κ1) is 12.4. The molecule has 0 spiro atoms. The molecule has 0 unspecified atom stereocenters. The van der Waals surface area contributed by atoms with Gasteiger partial charge in [0.15, 0.2) is 0 Å². The number of hydrogen-bond donors (Lipinski definition) is 0. The molecular weight excluding hydrogens is 260 g/mol. The number of halogens is 1. The first-order valence-electron chi connectivity index (χ1n) is 5.22. The maximum atomic E-state index is 11.0. The van der Waals surface area contributed by atoms with Gasteiger partial charge in [-0.2, -0.15) is 5.10 Å². The Morgan fingerprint density at radius 1 is 1.41 bits per heavy atom. The first-order chi connectivity index (χ1) is 7.88. The predicted molar refractivity (Wildman–Crippen MR) is 68.8 cm³/mol. The summed E-state index contributed by atoms with van der Waals surface area (Å²) in [5.41, 5.74) is 2.88. The molecule has 1 aromatic heterocycles. The van der Waals surface area contributed by atoms with E-state index in [0.717, 1.165) is 22.2 Å². The number of benzene rings is 1. The lowest BCUT2D eigenvalue weighted by molar-refractivity contribution is 0.609. The van der Waals surface area contributed by atoms with Gasteiger partial charge in [-0.15, -0.1) is 0 Å². The Balaban J connectivity index is 2.47. The van der Waals surface area contributed by atoms with Gasteiger partial charge in [-0.3, -0.25) is 4.68 Å². The van der Waals surface area contributed by atoms with Crippen molar-refractivity contribution >= 4 is 30.6 Å². The molecule has 0 aliphatic carbocycles. The molecule has 0 fully saturated rings. The van der Waals surface area contributed by atoms with Crippen molar-refractivity contribution in [3.63, 3.8) is 0 Å². The second-order valence-electron chi connectivity index (χ2n) is 4.01. The molecular formula is C11H13ClN2O2S. The Hall–Kier alpha value is -1.07. The number of rotatable bonds is 3. The van der Waals surface area contributed by atoms with Crippen molar-refractivity contribution in [2.24, 2.45) is 7.05 Å². The third kappa shape index (κ3) is 2.61. The number of nitrogens with zero attached hydrogens (tertiary/aromatic N) is 2. The van der Waals surface area contributed by atoms with Crippen LogP contribution in [0.2, 0.25) is 0 Å². The smallest absolute Gasteiger partial charge is 0.232 e. The Morgan fingerprint density at radius 3 is 2.76 bits per heavy atom. The van der Waals surface area contributed by atoms with Gasteiger partial charge in [0.2, 0.25) is 9.05 Å². The van der Waals surface area contributed by atoms with Crippen molar-refractivity contribution in [2.45, 2.75) is 13.3 Å². The standard InChI is InChI=1S/C11H13ClN2O2S/c1-8-11-9(6-7-17(12,15)16)4-3-5-10(11)14(2)13-8/h3-5H,6-7H2,1-2H3. The van der Waals surface area contributed by atoms with Crippen LogP contribution in [0.15, 0.2) is 18.2 Å². The fourth-order valence-corrected chi connectivity index (χ4v) is 2.74. The second kappa shape index (κ2) is 4.31. The maximum absolute atomic E-state index is 11.0. The van der Waals surface area contributed by atoms with Crippen LogP contribution in [0.1, 0.15) is 11.3 Å². The van der Waals surface area contributed by atoms with E-state index in [1.165, 1.54) is 0 Å². The quantitative estimate of drug-likeness (QED) is 0.803. The molecule has 2 rings (SSSR count). The SMILES string of the molecule is Cc1nn(C)c2cccc(CCS(=O)(=O)Cl)c12. The van der Waals surface area contributed by atoms with Crippen molar-refractivity contribution in [1.29, 1.82) is 0 Å². The van der Waals surface area contributed by atoms with E-state index in [1.54, 1.807) is 4.68 Å². The summed E-state index contributed by atoms with van der Waals surface area (Å²) < 4.78 is 23.7. The van der Waals surface area contributed by atoms with Crippen LogP contribution in [0, 0.1) is 6.92 Å². The van der Waals surface area contributed by atoms with E-state index in [4.69, 9.17) is 10.7 Å². The summed E-state index contributed by atoms with van der Waals surface area (Å²) in [4.78, 5) is 0. The Morgan fingerprint density at radius 2 is 2.12 bits per heavy atom. The van der Waals surface area contributed by atoms with Gasteiger partial charge in [0.05, 0.1) is 17.0 Å². The Kier molecular flexibility index (Phi) is 3.14. The number of hydrogen-bond acceptors (Lipinski definition) is 3. The summed E-state index contributed by atoms with van der Waals surface area (Å²) in [5, 5.41) is 5.35. The highest BCUT2D eigenvalue weighted by molar-refractivity contribution is 8.13. The topological polar surface area (TPSA) is 52.0 Å². The zero-order valence-corrected chi connectivity index (χ0v) is 11.2. The third-order valence-electron chi connectivity index (χ3n) is 2.75. The van der Waals surface area contributed by atoms with Crippen LogP contribution in [-0.2, 0) is 22.5 Å². The zero-order valence-electron chi connectivity index (χ0n) is 9.64. The minimum Gasteiger partial charge on any atom is -0.268 e. The first-order valence-corrected chi connectivity index (χ1v) is 7.70. The fourth-order valence-electron chi connectivity index (χ4n) is 2.04. The van der Waals surface area contributed by atoms with Crippen LogP contribution in [0.4, 0.5) is 0 Å². The number of fused-ring (bicyclic) bond motifs is 1. The van der Waals surface area contributed by atoms with Gasteiger partial charge in [-0.05, 0) is 25.0 Å². The minimum atomic E-state index is -3.45. The van der Waals surface area contributed by atoms with Crippen LogP contribution in [0.5, 0.6) is 0 Å². The summed E-state index contributed by atoms with van der Waals surface area (Å²) in [5.74, 6) is -0.0536. The van der Waals surface area contributed by atoms with E-state index >= 15 is 0 Å². The molecule has 17 heavy (non-hydrogen) atoms.